The van der Waals surface area contributed by atoms with Crippen LogP contribution in [0.25, 0.3) is 0 Å². The van der Waals surface area contributed by atoms with Crippen LogP contribution in [0.3, 0.4) is 0 Å². The minimum Gasteiger partial charge on any atom is -0.152 e. The molecule has 0 nitrogen and oxygen atoms in total. The van der Waals surface area contributed by atoms with E-state index < -0.39 is 0 Å². The summed E-state index contributed by atoms with van der Waals surface area (Å²) in [6.45, 7) is 7.26. The van der Waals surface area contributed by atoms with Gasteiger partial charge in [-0.15, -0.1) is 13.2 Å². The molecule has 0 N–H and O–H groups in total. The van der Waals surface area contributed by atoms with Crippen molar-refractivity contribution in [1.29, 1.82) is 0 Å². The summed E-state index contributed by atoms with van der Waals surface area (Å²) in [4.78, 5) is 0. The molecule has 0 saturated heterocycles. The second kappa shape index (κ2) is 4.98. The van der Waals surface area contributed by atoms with Crippen LogP contribution >= 0.6 is 11.8 Å². The lowest BCUT2D eigenvalue weighted by molar-refractivity contribution is 1.26. The van der Waals surface area contributed by atoms with Crippen LogP contribution < -0.4 is 0 Å². The summed E-state index contributed by atoms with van der Waals surface area (Å²) in [5.74, 6) is 0. The first kappa shape index (κ1) is 7.83. The zero-order chi connectivity index (χ0) is 6.41. The van der Waals surface area contributed by atoms with E-state index in [1.54, 1.807) is 11.8 Å². The summed E-state index contributed by atoms with van der Waals surface area (Å²) in [6, 6.07) is 0. The average Bonchev–Trinajstić information content (AvgIpc) is 1.83. The second-order valence-corrected chi connectivity index (χ2v) is 2.30. The van der Waals surface area contributed by atoms with Crippen LogP contribution in [0, 0.1) is 5.25 Å². The molecule has 8 heavy (non-hydrogen) atoms. The SMILES string of the molecule is C=CC[C](C=C)SC. The highest BCUT2D eigenvalue weighted by Gasteiger charge is 1.95. The van der Waals surface area contributed by atoms with Gasteiger partial charge < -0.3 is 0 Å². The molecule has 0 aliphatic rings. The van der Waals surface area contributed by atoms with Crippen molar-refractivity contribution in [3.8, 4) is 0 Å². The van der Waals surface area contributed by atoms with Crippen LogP contribution in [0.5, 0.6) is 0 Å². The first-order valence-corrected chi connectivity index (χ1v) is 3.70. The van der Waals surface area contributed by atoms with Gasteiger partial charge in [0.05, 0.1) is 5.25 Å². The third-order valence-electron chi connectivity index (χ3n) is 0.835. The lowest BCUT2D eigenvalue weighted by Gasteiger charge is -2.00. The van der Waals surface area contributed by atoms with Gasteiger partial charge in [0.15, 0.2) is 0 Å². The number of thioether (sulfide) groups is 1. The van der Waals surface area contributed by atoms with E-state index in [0.29, 0.717) is 0 Å². The second-order valence-electron chi connectivity index (χ2n) is 1.37. The highest BCUT2D eigenvalue weighted by Crippen LogP contribution is 2.20. The monoisotopic (exact) mass is 127 g/mol. The molecule has 0 unspecified atom stereocenters. The van der Waals surface area contributed by atoms with Gasteiger partial charge in [-0.05, 0) is 12.7 Å². The smallest absolute Gasteiger partial charge is 0.0552 e. The Morgan fingerprint density at radius 3 is 2.38 bits per heavy atom. The fourth-order valence-electron chi connectivity index (χ4n) is 0.392. The molecule has 0 bridgehead atoms. The Hall–Kier alpha value is -0.170. The summed E-state index contributed by atoms with van der Waals surface area (Å²) in [5, 5.41) is 1.28. The summed E-state index contributed by atoms with van der Waals surface area (Å²) < 4.78 is 0. The Morgan fingerprint density at radius 2 is 2.25 bits per heavy atom. The largest absolute Gasteiger partial charge is 0.152 e. The maximum Gasteiger partial charge on any atom is 0.0552 e. The van der Waals surface area contributed by atoms with Gasteiger partial charge >= 0.3 is 0 Å². The number of hydrogen-bond acceptors (Lipinski definition) is 1. The maximum atomic E-state index is 3.64. The summed E-state index contributed by atoms with van der Waals surface area (Å²) in [5.41, 5.74) is 0. The zero-order valence-corrected chi connectivity index (χ0v) is 6.00. The van der Waals surface area contributed by atoms with Crippen molar-refractivity contribution in [2.75, 3.05) is 6.26 Å². The molecule has 0 aliphatic carbocycles. The minimum absolute atomic E-state index is 0.949. The van der Waals surface area contributed by atoms with Gasteiger partial charge in [0.25, 0.3) is 0 Å². The molecular formula is C7H11S. The molecule has 0 heterocycles. The first-order chi connectivity index (χ1) is 3.85. The Morgan fingerprint density at radius 1 is 1.62 bits per heavy atom. The van der Waals surface area contributed by atoms with Gasteiger partial charge in [0.1, 0.15) is 0 Å². The van der Waals surface area contributed by atoms with E-state index in [0.717, 1.165) is 6.42 Å². The van der Waals surface area contributed by atoms with Crippen molar-refractivity contribution in [1.82, 2.24) is 0 Å². The van der Waals surface area contributed by atoms with Crippen LogP contribution in [0.15, 0.2) is 25.3 Å². The lowest BCUT2D eigenvalue weighted by Crippen LogP contribution is -1.80. The third-order valence-corrected chi connectivity index (χ3v) is 1.69. The van der Waals surface area contributed by atoms with E-state index in [1.165, 1.54) is 5.25 Å². The van der Waals surface area contributed by atoms with Crippen molar-refractivity contribution in [2.24, 2.45) is 0 Å². The zero-order valence-electron chi connectivity index (χ0n) is 5.18. The van der Waals surface area contributed by atoms with E-state index >= 15 is 0 Å². The third kappa shape index (κ3) is 2.92. The summed E-state index contributed by atoms with van der Waals surface area (Å²) in [6.07, 6.45) is 6.74. The predicted octanol–water partition coefficient (Wildman–Crippen LogP) is 2.64. The Labute approximate surface area is 55.7 Å². The Balaban J connectivity index is 3.35. The molecule has 0 atom stereocenters. The van der Waals surface area contributed by atoms with E-state index in [4.69, 9.17) is 0 Å². The van der Waals surface area contributed by atoms with Gasteiger partial charge in [-0.2, -0.15) is 11.8 Å². The van der Waals surface area contributed by atoms with E-state index in [-0.39, 0.29) is 0 Å². The molecule has 0 aromatic heterocycles. The fourth-order valence-corrected chi connectivity index (χ4v) is 0.843. The molecule has 0 aliphatic heterocycles. The molecule has 0 aromatic rings. The highest BCUT2D eigenvalue weighted by molar-refractivity contribution is 8.01. The molecule has 0 amide bonds. The fraction of sp³-hybridized carbons (Fsp3) is 0.286. The topological polar surface area (TPSA) is 0 Å². The predicted molar refractivity (Wildman–Crippen MR) is 41.8 cm³/mol. The van der Waals surface area contributed by atoms with Crippen LogP contribution in [0.2, 0.25) is 0 Å². The molecule has 0 spiro atoms. The van der Waals surface area contributed by atoms with Crippen LogP contribution in [-0.4, -0.2) is 6.26 Å². The number of allylic oxidation sites excluding steroid dienone is 1. The summed E-state index contributed by atoms with van der Waals surface area (Å²) in [7, 11) is 0. The minimum atomic E-state index is 0.949. The van der Waals surface area contributed by atoms with Crippen LogP contribution in [0.1, 0.15) is 6.42 Å². The molecule has 0 aromatic carbocycles. The highest BCUT2D eigenvalue weighted by atomic mass is 32.2. The average molecular weight is 127 g/mol. The molecular weight excluding hydrogens is 116 g/mol. The quantitative estimate of drug-likeness (QED) is 0.523. The lowest BCUT2D eigenvalue weighted by atomic mass is 10.3. The molecule has 0 rings (SSSR count). The standard InChI is InChI=1S/C7H11S/c1-4-6-7(5-2)8-3/h4-5H,1-2,6H2,3H3. The molecule has 1 heteroatoms. The maximum absolute atomic E-state index is 3.64. The molecule has 1 radical (unpaired) electrons. The summed E-state index contributed by atoms with van der Waals surface area (Å²) >= 11 is 1.72. The van der Waals surface area contributed by atoms with Gasteiger partial charge in [-0.25, -0.2) is 0 Å². The molecule has 0 fully saturated rings. The van der Waals surface area contributed by atoms with Crippen molar-refractivity contribution >= 4 is 11.8 Å². The number of hydrogen-bond donors (Lipinski definition) is 0. The number of rotatable bonds is 4. The van der Waals surface area contributed by atoms with Gasteiger partial charge in [-0.1, -0.05) is 12.2 Å². The van der Waals surface area contributed by atoms with Crippen LogP contribution in [0.4, 0.5) is 0 Å². The van der Waals surface area contributed by atoms with Crippen molar-refractivity contribution < 1.29 is 0 Å². The van der Waals surface area contributed by atoms with Crippen molar-refractivity contribution in [3.63, 3.8) is 0 Å². The van der Waals surface area contributed by atoms with Gasteiger partial charge in [0, 0.05) is 0 Å². The van der Waals surface area contributed by atoms with Gasteiger partial charge in [0.2, 0.25) is 0 Å². The van der Waals surface area contributed by atoms with Crippen molar-refractivity contribution in [3.05, 3.63) is 30.6 Å². The van der Waals surface area contributed by atoms with Gasteiger partial charge in [-0.3, -0.25) is 0 Å². The van der Waals surface area contributed by atoms with E-state index in [1.807, 2.05) is 18.4 Å². The van der Waals surface area contributed by atoms with Crippen molar-refractivity contribution in [2.45, 2.75) is 6.42 Å². The van der Waals surface area contributed by atoms with E-state index in [9.17, 15) is 0 Å². The Kier molecular flexibility index (Phi) is 4.87. The first-order valence-electron chi connectivity index (χ1n) is 2.48. The van der Waals surface area contributed by atoms with Crippen LogP contribution in [-0.2, 0) is 0 Å². The molecule has 0 saturated carbocycles. The normalized spacial score (nSPS) is 9.25. The van der Waals surface area contributed by atoms with E-state index in [2.05, 4.69) is 13.2 Å². The molecule has 45 valence electrons. The Bertz CT molecular complexity index is 76.5.